The first-order valence-electron chi connectivity index (χ1n) is 15.9. The summed E-state index contributed by atoms with van der Waals surface area (Å²) < 4.78 is 5.22. The van der Waals surface area contributed by atoms with Crippen molar-refractivity contribution >= 4 is 41.5 Å². The molecule has 0 aliphatic carbocycles. The van der Waals surface area contributed by atoms with Gasteiger partial charge in [-0.1, -0.05) is 76.3 Å². The van der Waals surface area contributed by atoms with Gasteiger partial charge in [-0.05, 0) is 37.2 Å². The summed E-state index contributed by atoms with van der Waals surface area (Å²) >= 11 is 0. The Balaban J connectivity index is 1.65. The average Bonchev–Trinajstić information content (AvgIpc) is 3.53. The number of hydrogen-bond acceptors (Lipinski definition) is 8. The summed E-state index contributed by atoms with van der Waals surface area (Å²) in [4.78, 5) is 91.0. The van der Waals surface area contributed by atoms with Crippen LogP contribution in [-0.4, -0.2) is 89.3 Å². The molecular weight excluding hydrogens is 598 g/mol. The van der Waals surface area contributed by atoms with Crippen molar-refractivity contribution in [3.05, 3.63) is 35.9 Å². The summed E-state index contributed by atoms with van der Waals surface area (Å²) in [7, 11) is 0. The highest BCUT2D eigenvalue weighted by Crippen LogP contribution is 2.22. The molecule has 2 aliphatic heterocycles. The van der Waals surface area contributed by atoms with Crippen LogP contribution < -0.4 is 21.3 Å². The summed E-state index contributed by atoms with van der Waals surface area (Å²) in [5.74, 6) is -5.03. The third-order valence-corrected chi connectivity index (χ3v) is 7.91. The predicted octanol–water partition coefficient (Wildman–Crippen LogP) is 1.58. The van der Waals surface area contributed by atoms with Gasteiger partial charge in [0.1, 0.15) is 12.1 Å². The Kier molecular flexibility index (Phi) is 14.0. The van der Waals surface area contributed by atoms with E-state index in [9.17, 15) is 38.7 Å². The number of nitrogens with one attached hydrogen (secondary N) is 4. The number of carboxylic acids is 1. The lowest BCUT2D eigenvalue weighted by molar-refractivity contribution is -0.143. The first-order chi connectivity index (χ1) is 22.0. The van der Waals surface area contributed by atoms with Gasteiger partial charge < -0.3 is 36.0 Å². The van der Waals surface area contributed by atoms with Crippen LogP contribution in [0.2, 0.25) is 0 Å². The monoisotopic (exact) mass is 643 g/mol. The van der Waals surface area contributed by atoms with E-state index in [0.29, 0.717) is 50.6 Å². The summed E-state index contributed by atoms with van der Waals surface area (Å²) in [5.41, 5.74) is 0.334. The number of rotatable bonds is 10. The molecule has 46 heavy (non-hydrogen) atoms. The van der Waals surface area contributed by atoms with E-state index in [4.69, 9.17) is 4.74 Å². The average molecular weight is 644 g/mol. The van der Waals surface area contributed by atoms with Gasteiger partial charge in [-0.2, -0.15) is 0 Å². The maximum atomic E-state index is 13.6. The lowest BCUT2D eigenvalue weighted by atomic mass is 9.99. The molecule has 2 heterocycles. The van der Waals surface area contributed by atoms with Crippen LogP contribution in [0.25, 0.3) is 0 Å². The Morgan fingerprint density at radius 3 is 2.30 bits per heavy atom. The first-order valence-corrected chi connectivity index (χ1v) is 15.9. The van der Waals surface area contributed by atoms with Crippen molar-refractivity contribution in [2.45, 2.75) is 95.8 Å². The van der Waals surface area contributed by atoms with Crippen LogP contribution in [0.4, 0.5) is 4.79 Å². The van der Waals surface area contributed by atoms with Crippen molar-refractivity contribution in [1.82, 2.24) is 26.2 Å². The van der Waals surface area contributed by atoms with E-state index in [1.54, 1.807) is 18.2 Å². The number of ketones is 1. The molecule has 2 fully saturated rings. The molecule has 1 aromatic rings. The molecule has 0 aromatic heterocycles. The van der Waals surface area contributed by atoms with E-state index in [0.717, 1.165) is 12.8 Å². The van der Waals surface area contributed by atoms with E-state index in [2.05, 4.69) is 21.3 Å². The van der Waals surface area contributed by atoms with Crippen LogP contribution in [-0.2, 0) is 33.5 Å². The third kappa shape index (κ3) is 10.8. The number of carbonyl (C=O) groups excluding carboxylic acids is 6. The number of fused-ring (bicyclic) bond motifs is 1. The molecule has 1 aromatic carbocycles. The number of carboxylic acid groups (broad SMARTS) is 1. The van der Waals surface area contributed by atoms with Gasteiger partial charge in [-0.25, -0.2) is 9.59 Å². The van der Waals surface area contributed by atoms with Gasteiger partial charge in [0, 0.05) is 6.54 Å². The fourth-order valence-corrected chi connectivity index (χ4v) is 5.50. The molecule has 3 rings (SSSR count). The molecule has 2 saturated heterocycles. The van der Waals surface area contributed by atoms with E-state index in [1.165, 1.54) is 17.0 Å². The smallest absolute Gasteiger partial charge is 0.407 e. The Morgan fingerprint density at radius 2 is 1.63 bits per heavy atom. The van der Waals surface area contributed by atoms with Gasteiger partial charge in [0.25, 0.3) is 5.91 Å². The van der Waals surface area contributed by atoms with Gasteiger partial charge in [-0.15, -0.1) is 0 Å². The number of ether oxygens (including phenoxy) is 1. The fourth-order valence-electron chi connectivity index (χ4n) is 5.50. The molecule has 14 heteroatoms. The fraction of sp³-hybridized carbons (Fsp3) is 0.594. The molecule has 0 bridgehead atoms. The van der Waals surface area contributed by atoms with Crippen LogP contribution >= 0.6 is 0 Å². The minimum Gasteiger partial charge on any atom is -0.479 e. The number of benzene rings is 1. The quantitative estimate of drug-likeness (QED) is 0.235. The highest BCUT2D eigenvalue weighted by molar-refractivity contribution is 6.38. The number of nitrogens with zero attached hydrogens (tertiary/aromatic N) is 1. The Morgan fingerprint density at radius 1 is 0.957 bits per heavy atom. The number of carbonyl (C=O) groups is 7. The van der Waals surface area contributed by atoms with E-state index in [1.807, 2.05) is 13.8 Å². The van der Waals surface area contributed by atoms with Crippen LogP contribution in [0.15, 0.2) is 30.3 Å². The Labute approximate surface area is 268 Å². The molecule has 0 radical (unpaired) electrons. The molecular formula is C32H45N5O9. The second-order valence-electron chi connectivity index (χ2n) is 12.1. The Bertz CT molecular complexity index is 1260. The number of Topliss-reactive ketones (excluding diaryl/α,β-unsaturated/α-hetero) is 1. The van der Waals surface area contributed by atoms with Gasteiger partial charge in [0.15, 0.2) is 6.04 Å². The van der Waals surface area contributed by atoms with E-state index in [-0.39, 0.29) is 18.9 Å². The van der Waals surface area contributed by atoms with Crippen molar-refractivity contribution in [2.24, 2.45) is 5.92 Å². The van der Waals surface area contributed by atoms with Crippen LogP contribution in [0.1, 0.15) is 83.2 Å². The Hall–Kier alpha value is -4.49. The molecule has 14 nitrogen and oxygen atoms in total. The van der Waals surface area contributed by atoms with Crippen molar-refractivity contribution in [2.75, 3.05) is 19.7 Å². The zero-order valence-electron chi connectivity index (χ0n) is 26.4. The summed E-state index contributed by atoms with van der Waals surface area (Å²) in [5, 5.41) is 19.4. The summed E-state index contributed by atoms with van der Waals surface area (Å²) in [6.07, 6.45) is 4.23. The number of aliphatic carboxylic acids is 1. The van der Waals surface area contributed by atoms with E-state index < -0.39 is 72.2 Å². The standard InChI is InChI=1S/C32H45N5O9/c1-20(2)19-46-32(45)35-23-15-10-5-3-4-9-14-22(34-28(40)24-16-11-17-37(24)30(23)42)27(39)29(41)33-18-25(38)36-26(31(43)44)21-12-7-6-8-13-21/h6-8,12-13,20,22-24,26H,3-5,9-11,14-19H2,1-2H3,(H,33,41)(H,34,40)(H,35,45)(H,36,38)(H,43,44). The third-order valence-electron chi connectivity index (χ3n) is 7.91. The van der Waals surface area contributed by atoms with Crippen LogP contribution in [0.5, 0.6) is 0 Å². The molecule has 5 N–H and O–H groups in total. The lowest BCUT2D eigenvalue weighted by Crippen LogP contribution is -2.56. The van der Waals surface area contributed by atoms with Gasteiger partial charge in [0.2, 0.25) is 23.5 Å². The predicted molar refractivity (Wildman–Crippen MR) is 165 cm³/mol. The van der Waals surface area contributed by atoms with Crippen molar-refractivity contribution in [3.8, 4) is 0 Å². The number of amides is 5. The van der Waals surface area contributed by atoms with Gasteiger partial charge in [0.05, 0.1) is 19.2 Å². The maximum absolute atomic E-state index is 13.6. The molecule has 4 atom stereocenters. The molecule has 4 unspecified atom stereocenters. The van der Waals surface area contributed by atoms with Crippen LogP contribution in [0.3, 0.4) is 0 Å². The SMILES string of the molecule is CC(C)COC(=O)NC1CCCCCCCC(C(=O)C(=O)NCC(=O)NC(C(=O)O)c2ccccc2)NC(=O)C2CCCN2C1=O. The zero-order chi connectivity index (χ0) is 33.6. The topological polar surface area (TPSA) is 200 Å². The highest BCUT2D eigenvalue weighted by Gasteiger charge is 2.39. The number of alkyl carbamates (subject to hydrolysis) is 1. The van der Waals surface area contributed by atoms with Crippen molar-refractivity contribution in [1.29, 1.82) is 0 Å². The number of hydrogen-bond donors (Lipinski definition) is 5. The molecule has 252 valence electrons. The lowest BCUT2D eigenvalue weighted by Gasteiger charge is -2.30. The molecule has 2 aliphatic rings. The van der Waals surface area contributed by atoms with Gasteiger partial charge >= 0.3 is 12.1 Å². The molecule has 5 amide bonds. The van der Waals surface area contributed by atoms with Crippen LogP contribution in [0, 0.1) is 5.92 Å². The second-order valence-corrected chi connectivity index (χ2v) is 12.1. The summed E-state index contributed by atoms with van der Waals surface area (Å²) in [6.45, 7) is 3.64. The highest BCUT2D eigenvalue weighted by atomic mass is 16.5. The van der Waals surface area contributed by atoms with Gasteiger partial charge in [-0.3, -0.25) is 24.0 Å². The molecule has 0 spiro atoms. The second kappa shape index (κ2) is 17.9. The van der Waals surface area contributed by atoms with E-state index >= 15 is 0 Å². The first kappa shape index (κ1) is 36.0. The zero-order valence-corrected chi connectivity index (χ0v) is 26.4. The largest absolute Gasteiger partial charge is 0.479 e. The maximum Gasteiger partial charge on any atom is 0.407 e. The summed E-state index contributed by atoms with van der Waals surface area (Å²) in [6, 6.07) is 3.73. The molecule has 0 saturated carbocycles. The minimum atomic E-state index is -1.35. The van der Waals surface area contributed by atoms with Crippen molar-refractivity contribution in [3.63, 3.8) is 0 Å². The normalized spacial score (nSPS) is 21.6. The van der Waals surface area contributed by atoms with Crippen molar-refractivity contribution < 1.29 is 43.4 Å². The minimum absolute atomic E-state index is 0.121.